The molecule has 0 bridgehead atoms. The van der Waals surface area contributed by atoms with Gasteiger partial charge in [0.15, 0.2) is 11.5 Å². The molecule has 1 aliphatic heterocycles. The smallest absolute Gasteiger partial charge is 0.163 e. The average Bonchev–Trinajstić information content (AvgIpc) is 2.28. The van der Waals surface area contributed by atoms with Crippen LogP contribution >= 0.6 is 11.6 Å². The van der Waals surface area contributed by atoms with Gasteiger partial charge >= 0.3 is 0 Å². The lowest BCUT2D eigenvalue weighted by Gasteiger charge is -2.24. The zero-order chi connectivity index (χ0) is 11.5. The number of nitrogens with zero attached hydrogens (tertiary/aromatic N) is 1. The predicted molar refractivity (Wildman–Crippen MR) is 66.2 cm³/mol. The SMILES string of the molecule is Cc1cc2c(cc1N(C)CCCl)OCCO2. The Morgan fingerprint density at radius 1 is 1.25 bits per heavy atom. The van der Waals surface area contributed by atoms with Crippen LogP contribution in [0.5, 0.6) is 11.5 Å². The van der Waals surface area contributed by atoms with Crippen molar-refractivity contribution in [3.05, 3.63) is 17.7 Å². The molecule has 0 amide bonds. The third kappa shape index (κ3) is 2.19. The molecule has 0 N–H and O–H groups in total. The Balaban J connectivity index is 2.31. The molecule has 0 aromatic heterocycles. The fourth-order valence-electron chi connectivity index (χ4n) is 1.84. The third-order valence-corrected chi connectivity index (χ3v) is 2.86. The van der Waals surface area contributed by atoms with Crippen LogP contribution in [0.2, 0.25) is 0 Å². The monoisotopic (exact) mass is 241 g/mol. The van der Waals surface area contributed by atoms with Crippen LogP contribution in [0.1, 0.15) is 5.56 Å². The maximum absolute atomic E-state index is 5.74. The van der Waals surface area contributed by atoms with Crippen molar-refractivity contribution in [1.82, 2.24) is 0 Å². The zero-order valence-corrected chi connectivity index (χ0v) is 10.4. The van der Waals surface area contributed by atoms with Crippen molar-refractivity contribution in [2.75, 3.05) is 37.6 Å². The Hall–Kier alpha value is -1.09. The van der Waals surface area contributed by atoms with Gasteiger partial charge in [0.1, 0.15) is 13.2 Å². The molecular formula is C12H16ClNO2. The van der Waals surface area contributed by atoms with Gasteiger partial charge in [0.25, 0.3) is 0 Å². The van der Waals surface area contributed by atoms with Crippen LogP contribution in [-0.4, -0.2) is 32.7 Å². The molecule has 16 heavy (non-hydrogen) atoms. The predicted octanol–water partition coefficient (Wildman–Crippen LogP) is 2.44. The van der Waals surface area contributed by atoms with E-state index in [1.54, 1.807) is 0 Å². The van der Waals surface area contributed by atoms with E-state index in [0.717, 1.165) is 23.7 Å². The van der Waals surface area contributed by atoms with Crippen molar-refractivity contribution in [3.63, 3.8) is 0 Å². The number of ether oxygens (including phenoxy) is 2. The summed E-state index contributed by atoms with van der Waals surface area (Å²) in [7, 11) is 2.03. The number of aryl methyl sites for hydroxylation is 1. The highest BCUT2D eigenvalue weighted by Crippen LogP contribution is 2.36. The largest absolute Gasteiger partial charge is 0.486 e. The molecule has 88 valence electrons. The van der Waals surface area contributed by atoms with Crippen molar-refractivity contribution < 1.29 is 9.47 Å². The summed E-state index contributed by atoms with van der Waals surface area (Å²) in [4.78, 5) is 2.13. The molecule has 0 saturated carbocycles. The van der Waals surface area contributed by atoms with E-state index in [4.69, 9.17) is 21.1 Å². The maximum atomic E-state index is 5.74. The van der Waals surface area contributed by atoms with E-state index < -0.39 is 0 Å². The van der Waals surface area contributed by atoms with Crippen molar-refractivity contribution in [2.45, 2.75) is 6.92 Å². The quantitative estimate of drug-likeness (QED) is 0.759. The number of benzene rings is 1. The molecule has 4 heteroatoms. The van der Waals surface area contributed by atoms with Gasteiger partial charge in [0.05, 0.1) is 0 Å². The fraction of sp³-hybridized carbons (Fsp3) is 0.500. The van der Waals surface area contributed by atoms with E-state index in [9.17, 15) is 0 Å². The molecule has 1 aromatic rings. The molecule has 3 nitrogen and oxygen atoms in total. The topological polar surface area (TPSA) is 21.7 Å². The fourth-order valence-corrected chi connectivity index (χ4v) is 2.09. The maximum Gasteiger partial charge on any atom is 0.163 e. The molecule has 0 saturated heterocycles. The van der Waals surface area contributed by atoms with Crippen molar-refractivity contribution in [3.8, 4) is 11.5 Å². The standard InChI is InChI=1S/C12H16ClNO2/c1-9-7-11-12(16-6-5-15-11)8-10(9)14(2)4-3-13/h7-8H,3-6H2,1-2H3. The lowest BCUT2D eigenvalue weighted by atomic mass is 10.1. The summed E-state index contributed by atoms with van der Waals surface area (Å²) in [6, 6.07) is 4.05. The van der Waals surface area contributed by atoms with Crippen molar-refractivity contribution >= 4 is 17.3 Å². The van der Waals surface area contributed by atoms with Crippen LogP contribution in [-0.2, 0) is 0 Å². The van der Waals surface area contributed by atoms with E-state index in [-0.39, 0.29) is 0 Å². The Kier molecular flexibility index (Phi) is 3.44. The second kappa shape index (κ2) is 4.83. The molecule has 1 aliphatic rings. The van der Waals surface area contributed by atoms with Gasteiger partial charge in [0.2, 0.25) is 0 Å². The Labute approximate surface area is 101 Å². The molecule has 0 radical (unpaired) electrons. The minimum atomic E-state index is 0.615. The molecule has 0 fully saturated rings. The normalized spacial score (nSPS) is 13.7. The first-order valence-corrected chi connectivity index (χ1v) is 5.93. The highest BCUT2D eigenvalue weighted by molar-refractivity contribution is 6.18. The molecule has 0 atom stereocenters. The number of alkyl halides is 1. The van der Waals surface area contributed by atoms with Gasteiger partial charge in [-0.2, -0.15) is 0 Å². The van der Waals surface area contributed by atoms with E-state index >= 15 is 0 Å². The number of fused-ring (bicyclic) bond motifs is 1. The van der Waals surface area contributed by atoms with Crippen molar-refractivity contribution in [1.29, 1.82) is 0 Å². The molecule has 0 spiro atoms. The second-order valence-corrected chi connectivity index (χ2v) is 4.27. The summed E-state index contributed by atoms with van der Waals surface area (Å²) in [5, 5.41) is 0. The zero-order valence-electron chi connectivity index (χ0n) is 9.62. The number of halogens is 1. The van der Waals surface area contributed by atoms with Gasteiger partial charge in [-0.25, -0.2) is 0 Å². The second-order valence-electron chi connectivity index (χ2n) is 3.89. The van der Waals surface area contributed by atoms with Crippen LogP contribution < -0.4 is 14.4 Å². The Morgan fingerprint density at radius 3 is 2.50 bits per heavy atom. The highest BCUT2D eigenvalue weighted by Gasteiger charge is 2.15. The van der Waals surface area contributed by atoms with Crippen LogP contribution in [0, 0.1) is 6.92 Å². The molecule has 1 aromatic carbocycles. The summed E-state index contributed by atoms with van der Waals surface area (Å²) in [5.41, 5.74) is 2.32. The van der Waals surface area contributed by atoms with E-state index in [1.807, 2.05) is 19.2 Å². The minimum Gasteiger partial charge on any atom is -0.486 e. The first-order valence-electron chi connectivity index (χ1n) is 5.39. The molecule has 0 aliphatic carbocycles. The van der Waals surface area contributed by atoms with Crippen LogP contribution in [0.3, 0.4) is 0 Å². The van der Waals surface area contributed by atoms with Gasteiger partial charge < -0.3 is 14.4 Å². The Morgan fingerprint density at radius 2 is 1.88 bits per heavy atom. The molecule has 1 heterocycles. The van der Waals surface area contributed by atoms with Gasteiger partial charge in [-0.05, 0) is 18.6 Å². The van der Waals surface area contributed by atoms with Gasteiger partial charge in [0, 0.05) is 31.2 Å². The van der Waals surface area contributed by atoms with E-state index in [0.29, 0.717) is 19.1 Å². The lowest BCUT2D eigenvalue weighted by molar-refractivity contribution is 0.171. The third-order valence-electron chi connectivity index (χ3n) is 2.69. The average molecular weight is 242 g/mol. The van der Waals surface area contributed by atoms with Crippen LogP contribution in [0.15, 0.2) is 12.1 Å². The Bertz CT molecular complexity index is 382. The number of rotatable bonds is 3. The van der Waals surface area contributed by atoms with Crippen molar-refractivity contribution in [2.24, 2.45) is 0 Å². The summed E-state index contributed by atoms with van der Waals surface area (Å²) in [6.07, 6.45) is 0. The van der Waals surface area contributed by atoms with Gasteiger partial charge in [-0.15, -0.1) is 11.6 Å². The number of hydrogen-bond donors (Lipinski definition) is 0. The number of hydrogen-bond acceptors (Lipinski definition) is 3. The molecular weight excluding hydrogens is 226 g/mol. The van der Waals surface area contributed by atoms with Gasteiger partial charge in [-0.3, -0.25) is 0 Å². The van der Waals surface area contributed by atoms with Gasteiger partial charge in [-0.1, -0.05) is 0 Å². The first-order chi connectivity index (χ1) is 7.72. The van der Waals surface area contributed by atoms with Crippen LogP contribution in [0.4, 0.5) is 5.69 Å². The molecule has 2 rings (SSSR count). The summed E-state index contributed by atoms with van der Waals surface area (Å²) < 4.78 is 11.1. The van der Waals surface area contributed by atoms with E-state index in [1.165, 1.54) is 5.56 Å². The first kappa shape index (κ1) is 11.4. The minimum absolute atomic E-state index is 0.615. The van der Waals surface area contributed by atoms with Crippen LogP contribution in [0.25, 0.3) is 0 Å². The summed E-state index contributed by atoms with van der Waals surface area (Å²) in [6.45, 7) is 4.14. The lowest BCUT2D eigenvalue weighted by Crippen LogP contribution is -2.21. The van der Waals surface area contributed by atoms with E-state index in [2.05, 4.69) is 11.8 Å². The number of anilines is 1. The summed E-state index contributed by atoms with van der Waals surface area (Å²) >= 11 is 5.74. The summed E-state index contributed by atoms with van der Waals surface area (Å²) in [5.74, 6) is 2.28. The molecule has 0 unspecified atom stereocenters. The highest BCUT2D eigenvalue weighted by atomic mass is 35.5.